The third-order valence-corrected chi connectivity index (χ3v) is 7.77. The van der Waals surface area contributed by atoms with Crippen molar-refractivity contribution in [3.8, 4) is 5.75 Å². The molecule has 1 aliphatic heterocycles. The molecule has 2 heterocycles. The summed E-state index contributed by atoms with van der Waals surface area (Å²) in [6.07, 6.45) is 5.11. The lowest BCUT2D eigenvalue weighted by molar-refractivity contribution is -0.137. The van der Waals surface area contributed by atoms with Gasteiger partial charge in [-0.05, 0) is 74.1 Å². The van der Waals surface area contributed by atoms with Gasteiger partial charge in [0, 0.05) is 26.1 Å². The molecule has 1 unspecified atom stereocenters. The highest BCUT2D eigenvalue weighted by Crippen LogP contribution is 2.40. The van der Waals surface area contributed by atoms with Crippen LogP contribution >= 0.6 is 0 Å². The molecule has 0 N–H and O–H groups in total. The van der Waals surface area contributed by atoms with E-state index in [0.29, 0.717) is 18.1 Å². The molecule has 1 fully saturated rings. The molecule has 2 amide bonds. The van der Waals surface area contributed by atoms with E-state index in [2.05, 4.69) is 48.2 Å². The number of rotatable bonds is 7. The summed E-state index contributed by atoms with van der Waals surface area (Å²) in [4.78, 5) is 29.7. The number of fused-ring (bicyclic) bond motifs is 1. The van der Waals surface area contributed by atoms with Gasteiger partial charge >= 0.3 is 0 Å². The Bertz CT molecular complexity index is 1270. The molecule has 1 saturated carbocycles. The molecule has 0 radical (unpaired) electrons. The number of hydrogen-bond acceptors (Lipinski definition) is 4. The largest absolute Gasteiger partial charge is 0.486 e. The molecular formula is C31H36N2O4. The predicted molar refractivity (Wildman–Crippen MR) is 143 cm³/mol. The van der Waals surface area contributed by atoms with Crippen molar-refractivity contribution < 1.29 is 18.7 Å². The van der Waals surface area contributed by atoms with Crippen molar-refractivity contribution in [2.24, 2.45) is 5.92 Å². The zero-order valence-corrected chi connectivity index (χ0v) is 22.0. The maximum Gasteiger partial charge on any atom is 0.289 e. The molecule has 6 nitrogen and oxygen atoms in total. The first-order valence-electron chi connectivity index (χ1n) is 13.4. The molecule has 6 heteroatoms. The molecule has 1 aromatic heterocycles. The molecule has 2 aromatic carbocycles. The number of hydrogen-bond donors (Lipinski definition) is 0. The lowest BCUT2D eigenvalue weighted by Gasteiger charge is -2.39. The van der Waals surface area contributed by atoms with Gasteiger partial charge in [-0.3, -0.25) is 9.59 Å². The van der Waals surface area contributed by atoms with E-state index >= 15 is 0 Å². The van der Waals surface area contributed by atoms with Crippen LogP contribution in [0.5, 0.6) is 5.75 Å². The topological polar surface area (TPSA) is 63.0 Å². The van der Waals surface area contributed by atoms with Gasteiger partial charge in [0.05, 0.1) is 6.04 Å². The second-order valence-corrected chi connectivity index (χ2v) is 10.3. The number of carbonyl (C=O) groups is 2. The highest BCUT2D eigenvalue weighted by atomic mass is 16.5. The van der Waals surface area contributed by atoms with Crippen LogP contribution in [-0.4, -0.2) is 41.8 Å². The lowest BCUT2D eigenvalue weighted by Crippen LogP contribution is -2.43. The number of amides is 2. The van der Waals surface area contributed by atoms with Crippen molar-refractivity contribution in [2.45, 2.75) is 58.6 Å². The summed E-state index contributed by atoms with van der Waals surface area (Å²) < 4.78 is 11.9. The third kappa shape index (κ3) is 5.29. The first kappa shape index (κ1) is 25.1. The Hall–Kier alpha value is -3.54. The maximum absolute atomic E-state index is 13.7. The standard InChI is InChI=1S/C31H36N2O4/c1-4-32(3)31(35)28-15-14-26(37-28)20-36-25-13-12-22-16-17-33(30(34)23-9-5-6-10-23)29(27(22)19-25)24-11-7-8-21(2)18-24/h7-8,11-15,18-19,23,29H,4-6,9-10,16-17,20H2,1-3H3. The molecule has 0 bridgehead atoms. The van der Waals surface area contributed by atoms with Crippen molar-refractivity contribution in [2.75, 3.05) is 20.1 Å². The van der Waals surface area contributed by atoms with E-state index in [9.17, 15) is 9.59 Å². The Balaban J connectivity index is 1.40. The summed E-state index contributed by atoms with van der Waals surface area (Å²) >= 11 is 0. The minimum Gasteiger partial charge on any atom is -0.486 e. The Morgan fingerprint density at radius 1 is 1.08 bits per heavy atom. The molecule has 2 aliphatic rings. The fourth-order valence-electron chi connectivity index (χ4n) is 5.58. The second-order valence-electron chi connectivity index (χ2n) is 10.3. The van der Waals surface area contributed by atoms with E-state index in [0.717, 1.165) is 55.5 Å². The Kier molecular flexibility index (Phi) is 7.36. The highest BCUT2D eigenvalue weighted by Gasteiger charge is 2.36. The summed E-state index contributed by atoms with van der Waals surface area (Å²) in [6.45, 7) is 5.59. The molecule has 3 aromatic rings. The summed E-state index contributed by atoms with van der Waals surface area (Å²) in [5.41, 5.74) is 4.70. The smallest absolute Gasteiger partial charge is 0.289 e. The van der Waals surface area contributed by atoms with E-state index in [-0.39, 0.29) is 30.4 Å². The lowest BCUT2D eigenvalue weighted by atomic mass is 9.86. The van der Waals surface area contributed by atoms with Crippen LogP contribution in [0.4, 0.5) is 0 Å². The fraction of sp³-hybridized carbons (Fsp3) is 0.419. The van der Waals surface area contributed by atoms with Crippen LogP contribution in [0.3, 0.4) is 0 Å². The number of carbonyl (C=O) groups excluding carboxylic acids is 2. The van der Waals surface area contributed by atoms with Gasteiger partial charge in [-0.25, -0.2) is 0 Å². The average molecular weight is 501 g/mol. The van der Waals surface area contributed by atoms with Crippen molar-refractivity contribution >= 4 is 11.8 Å². The van der Waals surface area contributed by atoms with Crippen LogP contribution < -0.4 is 4.74 Å². The van der Waals surface area contributed by atoms with Gasteiger partial charge < -0.3 is 19.0 Å². The van der Waals surface area contributed by atoms with Crippen LogP contribution in [0.1, 0.15) is 77.2 Å². The third-order valence-electron chi connectivity index (χ3n) is 7.77. The number of nitrogens with zero attached hydrogens (tertiary/aromatic N) is 2. The van der Waals surface area contributed by atoms with E-state index in [1.54, 1.807) is 24.1 Å². The number of aryl methyl sites for hydroxylation is 1. The Morgan fingerprint density at radius 2 is 1.89 bits per heavy atom. The monoisotopic (exact) mass is 500 g/mol. The van der Waals surface area contributed by atoms with Crippen LogP contribution in [0.2, 0.25) is 0 Å². The van der Waals surface area contributed by atoms with Crippen molar-refractivity contribution in [1.82, 2.24) is 9.80 Å². The van der Waals surface area contributed by atoms with Gasteiger partial charge in [0.1, 0.15) is 18.1 Å². The molecule has 0 saturated heterocycles. The molecule has 1 aliphatic carbocycles. The fourth-order valence-corrected chi connectivity index (χ4v) is 5.58. The molecule has 1 atom stereocenters. The van der Waals surface area contributed by atoms with E-state index in [4.69, 9.17) is 9.15 Å². The van der Waals surface area contributed by atoms with Gasteiger partial charge in [-0.15, -0.1) is 0 Å². The number of benzene rings is 2. The molecular weight excluding hydrogens is 464 g/mol. The highest BCUT2D eigenvalue weighted by molar-refractivity contribution is 5.91. The van der Waals surface area contributed by atoms with Crippen molar-refractivity contribution in [3.63, 3.8) is 0 Å². The molecule has 194 valence electrons. The van der Waals surface area contributed by atoms with Gasteiger partial charge in [-0.1, -0.05) is 48.7 Å². The zero-order chi connectivity index (χ0) is 25.9. The van der Waals surface area contributed by atoms with E-state index < -0.39 is 0 Å². The summed E-state index contributed by atoms with van der Waals surface area (Å²) in [6, 6.07) is 18.0. The van der Waals surface area contributed by atoms with Crippen molar-refractivity contribution in [3.05, 3.63) is 88.4 Å². The summed E-state index contributed by atoms with van der Waals surface area (Å²) in [5.74, 6) is 1.91. The minimum absolute atomic E-state index is 0.127. The number of ether oxygens (including phenoxy) is 1. The van der Waals surface area contributed by atoms with E-state index in [1.165, 1.54) is 11.1 Å². The quantitative estimate of drug-likeness (QED) is 0.404. The first-order valence-corrected chi connectivity index (χ1v) is 13.4. The summed E-state index contributed by atoms with van der Waals surface area (Å²) in [5, 5.41) is 0. The van der Waals surface area contributed by atoms with Crippen LogP contribution in [0.25, 0.3) is 0 Å². The predicted octanol–water partition coefficient (Wildman–Crippen LogP) is 5.92. The molecule has 5 rings (SSSR count). The SMILES string of the molecule is CCN(C)C(=O)c1ccc(COc2ccc3c(c2)C(c2cccc(C)c2)N(C(=O)C2CCCC2)CC3)o1. The zero-order valence-electron chi connectivity index (χ0n) is 22.0. The van der Waals surface area contributed by atoms with Crippen LogP contribution in [0.15, 0.2) is 59.0 Å². The van der Waals surface area contributed by atoms with Gasteiger partial charge in [0.25, 0.3) is 5.91 Å². The molecule has 37 heavy (non-hydrogen) atoms. The molecule has 0 spiro atoms. The Labute approximate surface area is 219 Å². The maximum atomic E-state index is 13.7. The van der Waals surface area contributed by atoms with Gasteiger partial charge in [0.2, 0.25) is 5.91 Å². The second kappa shape index (κ2) is 10.8. The van der Waals surface area contributed by atoms with Gasteiger partial charge in [-0.2, -0.15) is 0 Å². The summed E-state index contributed by atoms with van der Waals surface area (Å²) in [7, 11) is 1.75. The van der Waals surface area contributed by atoms with Crippen LogP contribution in [0, 0.1) is 12.8 Å². The van der Waals surface area contributed by atoms with Crippen molar-refractivity contribution in [1.29, 1.82) is 0 Å². The average Bonchev–Trinajstić information content (AvgIpc) is 3.63. The number of furan rings is 1. The Morgan fingerprint density at radius 3 is 2.65 bits per heavy atom. The van der Waals surface area contributed by atoms with E-state index in [1.807, 2.05) is 13.0 Å². The normalized spacial score (nSPS) is 17.5. The van der Waals surface area contributed by atoms with Crippen LogP contribution in [-0.2, 0) is 17.8 Å². The minimum atomic E-state index is -0.143. The van der Waals surface area contributed by atoms with Gasteiger partial charge in [0.15, 0.2) is 5.76 Å². The first-order chi connectivity index (χ1) is 17.9.